The second-order valence-electron chi connectivity index (χ2n) is 9.84. The van der Waals surface area contributed by atoms with Gasteiger partial charge in [-0.25, -0.2) is 4.98 Å². The zero-order chi connectivity index (χ0) is 28.8. The lowest BCUT2D eigenvalue weighted by molar-refractivity contribution is -0.132. The summed E-state index contributed by atoms with van der Waals surface area (Å²) in [5.74, 6) is -0.434. The van der Waals surface area contributed by atoms with E-state index in [1.54, 1.807) is 49.4 Å². The third-order valence-electron chi connectivity index (χ3n) is 7.08. The molecule has 0 saturated carbocycles. The number of carbonyl (C=O) groups excluding carboxylic acids is 2. The number of thiazole rings is 1. The van der Waals surface area contributed by atoms with Crippen LogP contribution in [0.15, 0.2) is 60.2 Å². The van der Waals surface area contributed by atoms with Crippen LogP contribution < -0.4 is 19.1 Å². The van der Waals surface area contributed by atoms with Gasteiger partial charge in [-0.2, -0.15) is 0 Å². The first-order chi connectivity index (χ1) is 19.8. The summed E-state index contributed by atoms with van der Waals surface area (Å²) < 4.78 is 17.8. The number of aliphatic hydroxyl groups excluding tert-OH is 1. The van der Waals surface area contributed by atoms with E-state index in [4.69, 9.17) is 14.2 Å². The number of aromatic nitrogens is 1. The zero-order valence-corrected chi connectivity index (χ0v) is 23.5. The van der Waals surface area contributed by atoms with Crippen molar-refractivity contribution in [3.8, 4) is 23.0 Å². The first-order valence-corrected chi connectivity index (χ1v) is 14.2. The predicted octanol–water partition coefficient (Wildman–Crippen LogP) is 5.75. The zero-order valence-electron chi connectivity index (χ0n) is 22.7. The molecule has 41 heavy (non-hydrogen) atoms. The number of hydrogen-bond acceptors (Lipinski definition) is 9. The number of ether oxygens (including phenoxy) is 3. The molecule has 0 bridgehead atoms. The highest BCUT2D eigenvalue weighted by molar-refractivity contribution is 7.22. The van der Waals surface area contributed by atoms with Crippen molar-refractivity contribution in [2.75, 3.05) is 18.1 Å². The molecule has 210 valence electrons. The van der Waals surface area contributed by atoms with Crippen LogP contribution in [0.1, 0.15) is 43.5 Å². The van der Waals surface area contributed by atoms with Crippen molar-refractivity contribution >= 4 is 44.1 Å². The van der Waals surface area contributed by atoms with Gasteiger partial charge in [0.05, 0.1) is 35.0 Å². The van der Waals surface area contributed by atoms with Crippen LogP contribution in [0.2, 0.25) is 0 Å². The molecule has 6 rings (SSSR count). The standard InChI is InChI=1S/C31H28N2O7S/c1-4-38-20-8-9-21-25(15-20)41-31(32-21)33-27(17-6-10-22(34)24(14-17)39-5-2)26(29(36)30(33)37)28(35)18-7-11-23-19(13-18)12-16(3)40-23/h6-11,13-16,27,34-35H,4-5,12H2,1-3H3/t16-,27+/m0/s1. The van der Waals surface area contributed by atoms with Crippen LogP contribution in [0.25, 0.3) is 16.0 Å². The van der Waals surface area contributed by atoms with Gasteiger partial charge in [-0.3, -0.25) is 14.5 Å². The maximum Gasteiger partial charge on any atom is 0.301 e. The first-order valence-electron chi connectivity index (χ1n) is 13.4. The van der Waals surface area contributed by atoms with Crippen molar-refractivity contribution in [3.05, 3.63) is 76.9 Å². The largest absolute Gasteiger partial charge is 0.507 e. The summed E-state index contributed by atoms with van der Waals surface area (Å²) in [5, 5.41) is 22.2. The number of fused-ring (bicyclic) bond motifs is 2. The summed E-state index contributed by atoms with van der Waals surface area (Å²) in [6, 6.07) is 14.3. The molecule has 0 spiro atoms. The number of carbonyl (C=O) groups is 2. The van der Waals surface area contributed by atoms with Gasteiger partial charge in [0.1, 0.15) is 23.4 Å². The van der Waals surface area contributed by atoms with Crippen LogP contribution in [0, 0.1) is 0 Å². The van der Waals surface area contributed by atoms with Crippen molar-refractivity contribution in [1.29, 1.82) is 0 Å². The summed E-state index contributed by atoms with van der Waals surface area (Å²) >= 11 is 1.24. The molecule has 1 amide bonds. The van der Waals surface area contributed by atoms with Crippen molar-refractivity contribution in [2.24, 2.45) is 0 Å². The molecule has 1 saturated heterocycles. The normalized spacial score (nSPS) is 19.4. The van der Waals surface area contributed by atoms with E-state index in [1.165, 1.54) is 22.3 Å². The Balaban J connectivity index is 1.53. The molecule has 0 unspecified atom stereocenters. The SMILES string of the molecule is CCOc1ccc2nc(N3C(=O)C(=O)C(=C(O)c4ccc5c(c4)C[C@H](C)O5)[C@H]3c3ccc(O)c(OCC)c3)sc2c1. The Morgan fingerprint density at radius 1 is 1.07 bits per heavy atom. The van der Waals surface area contributed by atoms with E-state index in [9.17, 15) is 19.8 Å². The minimum absolute atomic E-state index is 0.00392. The number of hydrogen-bond donors (Lipinski definition) is 2. The molecule has 10 heteroatoms. The fourth-order valence-corrected chi connectivity index (χ4v) is 6.31. The number of Topliss-reactive ketones (excluding diaryl/α,β-unsaturated/α-hetero) is 1. The lowest BCUT2D eigenvalue weighted by Gasteiger charge is -2.23. The average molecular weight is 573 g/mol. The highest BCUT2D eigenvalue weighted by Crippen LogP contribution is 2.46. The van der Waals surface area contributed by atoms with E-state index in [2.05, 4.69) is 4.98 Å². The molecule has 0 radical (unpaired) electrons. The monoisotopic (exact) mass is 572 g/mol. The van der Waals surface area contributed by atoms with Crippen molar-refractivity contribution in [2.45, 2.75) is 39.3 Å². The van der Waals surface area contributed by atoms with Crippen molar-refractivity contribution in [1.82, 2.24) is 4.98 Å². The van der Waals surface area contributed by atoms with Gasteiger partial charge in [0.2, 0.25) is 0 Å². The van der Waals surface area contributed by atoms with Crippen molar-refractivity contribution < 1.29 is 34.0 Å². The maximum atomic E-state index is 13.7. The number of ketones is 1. The smallest absolute Gasteiger partial charge is 0.301 e. The molecule has 1 aromatic heterocycles. The van der Waals surface area contributed by atoms with Crippen molar-refractivity contribution in [3.63, 3.8) is 0 Å². The predicted molar refractivity (Wildman–Crippen MR) is 155 cm³/mol. The number of nitrogens with zero attached hydrogens (tertiary/aromatic N) is 2. The Morgan fingerprint density at radius 2 is 1.88 bits per heavy atom. The number of rotatable bonds is 7. The molecule has 0 aliphatic carbocycles. The molecule has 9 nitrogen and oxygen atoms in total. The minimum Gasteiger partial charge on any atom is -0.507 e. The van der Waals surface area contributed by atoms with E-state index in [-0.39, 0.29) is 28.9 Å². The molecular formula is C31H28N2O7S. The van der Waals surface area contributed by atoms with E-state index in [0.29, 0.717) is 47.2 Å². The molecule has 1 fully saturated rings. The fraction of sp³-hybridized carbons (Fsp3) is 0.258. The molecule has 2 N–H and O–H groups in total. The highest BCUT2D eigenvalue weighted by Gasteiger charge is 2.48. The number of amides is 1. The summed E-state index contributed by atoms with van der Waals surface area (Å²) in [6.07, 6.45) is 0.670. The molecule has 2 atom stereocenters. The Labute approximate surface area is 240 Å². The van der Waals surface area contributed by atoms with Gasteiger partial charge in [-0.15, -0.1) is 0 Å². The fourth-order valence-electron chi connectivity index (χ4n) is 5.29. The molecule has 3 heterocycles. The molecule has 4 aromatic rings. The van der Waals surface area contributed by atoms with Gasteiger partial charge in [-0.05, 0) is 80.4 Å². The Hall–Kier alpha value is -4.57. The number of aromatic hydroxyl groups is 1. The van der Waals surface area contributed by atoms with Crippen LogP contribution in [-0.2, 0) is 16.0 Å². The van der Waals surface area contributed by atoms with Crippen LogP contribution in [0.3, 0.4) is 0 Å². The third kappa shape index (κ3) is 4.63. The number of phenolic OH excluding ortho intramolecular Hbond substituents is 1. The van der Waals surface area contributed by atoms with Crippen LogP contribution >= 0.6 is 11.3 Å². The highest BCUT2D eigenvalue weighted by atomic mass is 32.1. The second-order valence-corrected chi connectivity index (χ2v) is 10.9. The van der Waals surface area contributed by atoms with Gasteiger partial charge in [-0.1, -0.05) is 17.4 Å². The van der Waals surface area contributed by atoms with E-state index in [0.717, 1.165) is 16.0 Å². The van der Waals surface area contributed by atoms with E-state index < -0.39 is 17.7 Å². The van der Waals surface area contributed by atoms with E-state index >= 15 is 0 Å². The van der Waals surface area contributed by atoms with Crippen LogP contribution in [0.4, 0.5) is 5.13 Å². The number of benzene rings is 3. The first kappa shape index (κ1) is 26.6. The van der Waals surface area contributed by atoms with Gasteiger partial charge < -0.3 is 24.4 Å². The van der Waals surface area contributed by atoms with Gasteiger partial charge in [0.15, 0.2) is 16.6 Å². The number of anilines is 1. The van der Waals surface area contributed by atoms with Gasteiger partial charge in [0.25, 0.3) is 5.78 Å². The lowest BCUT2D eigenvalue weighted by atomic mass is 9.94. The Morgan fingerprint density at radius 3 is 2.66 bits per heavy atom. The van der Waals surface area contributed by atoms with Crippen LogP contribution in [0.5, 0.6) is 23.0 Å². The average Bonchev–Trinajstić information content (AvgIpc) is 3.62. The third-order valence-corrected chi connectivity index (χ3v) is 8.10. The minimum atomic E-state index is -1.02. The maximum absolute atomic E-state index is 13.7. The molecular weight excluding hydrogens is 544 g/mol. The second kappa shape index (κ2) is 10.4. The quantitative estimate of drug-likeness (QED) is 0.163. The number of aliphatic hydroxyl groups is 1. The molecule has 2 aliphatic rings. The summed E-state index contributed by atoms with van der Waals surface area (Å²) in [7, 11) is 0. The summed E-state index contributed by atoms with van der Waals surface area (Å²) in [4.78, 5) is 33.3. The Kier molecular flexibility index (Phi) is 6.78. The lowest BCUT2D eigenvalue weighted by Crippen LogP contribution is -2.29. The van der Waals surface area contributed by atoms with E-state index in [1.807, 2.05) is 19.9 Å². The molecule has 3 aromatic carbocycles. The van der Waals surface area contributed by atoms with Gasteiger partial charge >= 0.3 is 5.91 Å². The topological polar surface area (TPSA) is 118 Å². The molecule has 2 aliphatic heterocycles. The Bertz CT molecular complexity index is 1730. The summed E-state index contributed by atoms with van der Waals surface area (Å²) in [6.45, 7) is 6.44. The van der Waals surface area contributed by atoms with Crippen LogP contribution in [-0.4, -0.2) is 46.2 Å². The van der Waals surface area contributed by atoms with Gasteiger partial charge in [0, 0.05) is 12.0 Å². The summed E-state index contributed by atoms with van der Waals surface area (Å²) in [5.41, 5.74) is 2.34. The number of phenols is 1.